The first-order chi connectivity index (χ1) is 12.5. The molecule has 8 heteroatoms. The van der Waals surface area contributed by atoms with Crippen LogP contribution in [0.3, 0.4) is 0 Å². The van der Waals surface area contributed by atoms with Gasteiger partial charge in [0.25, 0.3) is 11.8 Å². The second-order valence-electron chi connectivity index (χ2n) is 5.10. The fraction of sp³-hybridized carbons (Fsp3) is 0.167. The van der Waals surface area contributed by atoms with Gasteiger partial charge in [0, 0.05) is 10.0 Å². The van der Waals surface area contributed by atoms with E-state index in [0.29, 0.717) is 29.2 Å². The molecule has 0 atom stereocenters. The number of nitrogens with two attached hydrogens (primary N) is 1. The number of ether oxygens (including phenoxy) is 2. The zero-order chi connectivity index (χ0) is 18.9. The highest BCUT2D eigenvalue weighted by Crippen LogP contribution is 2.28. The zero-order valence-electron chi connectivity index (χ0n) is 14.1. The zero-order valence-corrected chi connectivity index (χ0v) is 15.7. The number of primary amides is 1. The molecule has 2 aromatic rings. The van der Waals surface area contributed by atoms with Crippen molar-refractivity contribution >= 4 is 34.0 Å². The maximum Gasteiger partial charge on any atom is 0.271 e. The van der Waals surface area contributed by atoms with Crippen LogP contribution in [-0.2, 0) is 4.79 Å². The van der Waals surface area contributed by atoms with E-state index in [1.807, 2.05) is 13.0 Å². The van der Waals surface area contributed by atoms with E-state index >= 15 is 0 Å². The predicted octanol–water partition coefficient (Wildman–Crippen LogP) is 2.48. The van der Waals surface area contributed by atoms with Gasteiger partial charge < -0.3 is 15.2 Å². The van der Waals surface area contributed by atoms with Crippen LogP contribution < -0.4 is 20.6 Å². The van der Waals surface area contributed by atoms with Gasteiger partial charge in [-0.05, 0) is 48.9 Å². The number of nitrogens with zero attached hydrogens (tertiary/aromatic N) is 1. The first-order valence-corrected chi connectivity index (χ1v) is 8.56. The highest BCUT2D eigenvalue weighted by molar-refractivity contribution is 9.10. The quantitative estimate of drug-likeness (QED) is 0.506. The number of benzene rings is 2. The number of rotatable bonds is 8. The van der Waals surface area contributed by atoms with Crippen molar-refractivity contribution in [3.8, 4) is 11.5 Å². The molecule has 2 aromatic carbocycles. The molecule has 0 spiro atoms. The molecule has 0 aliphatic carbocycles. The van der Waals surface area contributed by atoms with Crippen LogP contribution in [0.1, 0.15) is 22.8 Å². The monoisotopic (exact) mass is 419 g/mol. The van der Waals surface area contributed by atoms with Crippen molar-refractivity contribution in [3.63, 3.8) is 0 Å². The third kappa shape index (κ3) is 5.89. The average Bonchev–Trinajstić information content (AvgIpc) is 2.61. The Balaban J connectivity index is 2.05. The molecule has 26 heavy (non-hydrogen) atoms. The van der Waals surface area contributed by atoms with Crippen LogP contribution in [0, 0.1) is 0 Å². The Labute approximate surface area is 159 Å². The van der Waals surface area contributed by atoms with Gasteiger partial charge in [-0.1, -0.05) is 22.0 Å². The molecule has 0 heterocycles. The Kier molecular flexibility index (Phi) is 7.16. The molecule has 2 amide bonds. The number of carbonyl (C=O) groups is 2. The van der Waals surface area contributed by atoms with E-state index in [9.17, 15) is 9.59 Å². The van der Waals surface area contributed by atoms with Gasteiger partial charge in [0.05, 0.1) is 12.8 Å². The van der Waals surface area contributed by atoms with Gasteiger partial charge in [-0.25, -0.2) is 5.43 Å². The van der Waals surface area contributed by atoms with E-state index < -0.39 is 5.91 Å². The number of hydrogen-bond acceptors (Lipinski definition) is 5. The fourth-order valence-electron chi connectivity index (χ4n) is 2.00. The van der Waals surface area contributed by atoms with Crippen LogP contribution in [0.5, 0.6) is 11.5 Å². The van der Waals surface area contributed by atoms with Crippen LogP contribution >= 0.6 is 15.9 Å². The lowest BCUT2D eigenvalue weighted by atomic mass is 10.2. The predicted molar refractivity (Wildman–Crippen MR) is 102 cm³/mol. The summed E-state index contributed by atoms with van der Waals surface area (Å²) in [6.07, 6.45) is 1.48. The van der Waals surface area contributed by atoms with Crippen LogP contribution in [0.2, 0.25) is 0 Å². The molecule has 0 saturated heterocycles. The van der Waals surface area contributed by atoms with Crippen molar-refractivity contribution in [2.45, 2.75) is 6.92 Å². The molecule has 0 fully saturated rings. The molecule has 0 saturated carbocycles. The van der Waals surface area contributed by atoms with Crippen molar-refractivity contribution in [3.05, 3.63) is 58.1 Å². The van der Waals surface area contributed by atoms with Gasteiger partial charge in [0.1, 0.15) is 0 Å². The Bertz CT molecular complexity index is 824. The highest BCUT2D eigenvalue weighted by atomic mass is 79.9. The molecule has 0 unspecified atom stereocenters. The summed E-state index contributed by atoms with van der Waals surface area (Å²) >= 11 is 3.31. The van der Waals surface area contributed by atoms with Crippen molar-refractivity contribution < 1.29 is 19.1 Å². The van der Waals surface area contributed by atoms with Crippen molar-refractivity contribution in [1.82, 2.24) is 5.43 Å². The Morgan fingerprint density at radius 1 is 1.19 bits per heavy atom. The van der Waals surface area contributed by atoms with E-state index in [1.54, 1.807) is 36.4 Å². The number of amides is 2. The van der Waals surface area contributed by atoms with Gasteiger partial charge in [0.15, 0.2) is 18.1 Å². The molecule has 0 aliphatic rings. The lowest BCUT2D eigenvalue weighted by Gasteiger charge is -2.11. The summed E-state index contributed by atoms with van der Waals surface area (Å²) in [5.41, 5.74) is 8.71. The number of hydrazone groups is 1. The molecular weight excluding hydrogens is 402 g/mol. The van der Waals surface area contributed by atoms with E-state index in [0.717, 1.165) is 4.47 Å². The summed E-state index contributed by atoms with van der Waals surface area (Å²) < 4.78 is 11.6. The summed E-state index contributed by atoms with van der Waals surface area (Å²) in [5.74, 6) is -0.0423. The van der Waals surface area contributed by atoms with Gasteiger partial charge in [-0.2, -0.15) is 5.10 Å². The third-order valence-corrected chi connectivity index (χ3v) is 3.60. The average molecular weight is 420 g/mol. The van der Waals surface area contributed by atoms with Gasteiger partial charge >= 0.3 is 0 Å². The fourth-order valence-corrected chi connectivity index (χ4v) is 2.40. The maximum absolute atomic E-state index is 12.0. The Hall–Kier alpha value is -2.87. The molecule has 2 rings (SSSR count). The minimum absolute atomic E-state index is 0.240. The molecule has 0 aliphatic heterocycles. The SMILES string of the molecule is CCOc1cc(/C=N/NC(=O)c2cccc(Br)c2)ccc1OCC(N)=O. The standard InChI is InChI=1S/C18H18BrN3O4/c1-2-25-16-8-12(6-7-15(16)26-11-17(20)23)10-21-22-18(24)13-4-3-5-14(19)9-13/h3-10H,2,11H2,1H3,(H2,20,23)(H,22,24)/b21-10+. The Morgan fingerprint density at radius 2 is 2.00 bits per heavy atom. The molecule has 0 aromatic heterocycles. The summed E-state index contributed by atoms with van der Waals surface area (Å²) in [7, 11) is 0. The van der Waals surface area contributed by atoms with E-state index in [4.69, 9.17) is 15.2 Å². The smallest absolute Gasteiger partial charge is 0.271 e. The minimum Gasteiger partial charge on any atom is -0.490 e. The minimum atomic E-state index is -0.576. The van der Waals surface area contributed by atoms with E-state index in [1.165, 1.54) is 6.21 Å². The van der Waals surface area contributed by atoms with Crippen molar-refractivity contribution in [1.29, 1.82) is 0 Å². The van der Waals surface area contributed by atoms with Crippen LogP contribution in [0.4, 0.5) is 0 Å². The highest BCUT2D eigenvalue weighted by Gasteiger charge is 2.08. The Morgan fingerprint density at radius 3 is 2.69 bits per heavy atom. The first-order valence-electron chi connectivity index (χ1n) is 7.76. The summed E-state index contributed by atoms with van der Waals surface area (Å²) in [6.45, 7) is 2.01. The summed E-state index contributed by atoms with van der Waals surface area (Å²) in [4.78, 5) is 22.9. The number of nitrogens with one attached hydrogen (secondary N) is 1. The van der Waals surface area contributed by atoms with Crippen LogP contribution in [0.25, 0.3) is 0 Å². The largest absolute Gasteiger partial charge is 0.490 e. The molecule has 136 valence electrons. The summed E-state index contributed by atoms with van der Waals surface area (Å²) in [6, 6.07) is 12.0. The second-order valence-corrected chi connectivity index (χ2v) is 6.02. The topological polar surface area (TPSA) is 103 Å². The molecule has 0 bridgehead atoms. The molecule has 0 radical (unpaired) electrons. The number of carbonyl (C=O) groups excluding carboxylic acids is 2. The lowest BCUT2D eigenvalue weighted by molar-refractivity contribution is -0.119. The normalized spacial score (nSPS) is 10.5. The van der Waals surface area contributed by atoms with E-state index in [2.05, 4.69) is 26.5 Å². The maximum atomic E-state index is 12.0. The van der Waals surface area contributed by atoms with Crippen molar-refractivity contribution in [2.75, 3.05) is 13.2 Å². The first kappa shape index (κ1) is 19.5. The van der Waals surface area contributed by atoms with Gasteiger partial charge in [0.2, 0.25) is 0 Å². The summed E-state index contributed by atoms with van der Waals surface area (Å²) in [5, 5.41) is 3.94. The number of halogens is 1. The van der Waals surface area contributed by atoms with Gasteiger partial charge in [-0.15, -0.1) is 0 Å². The molecule has 3 N–H and O–H groups in total. The molecular formula is C18H18BrN3O4. The van der Waals surface area contributed by atoms with E-state index in [-0.39, 0.29) is 12.5 Å². The van der Waals surface area contributed by atoms with Crippen LogP contribution in [-0.4, -0.2) is 31.2 Å². The number of hydrogen-bond donors (Lipinski definition) is 2. The lowest BCUT2D eigenvalue weighted by Crippen LogP contribution is -2.20. The second kappa shape index (κ2) is 9.57. The van der Waals surface area contributed by atoms with Crippen molar-refractivity contribution in [2.24, 2.45) is 10.8 Å². The van der Waals surface area contributed by atoms with Crippen LogP contribution in [0.15, 0.2) is 52.0 Å². The third-order valence-electron chi connectivity index (χ3n) is 3.10. The molecule has 7 nitrogen and oxygen atoms in total. The van der Waals surface area contributed by atoms with Gasteiger partial charge in [-0.3, -0.25) is 9.59 Å².